The van der Waals surface area contributed by atoms with E-state index in [0.29, 0.717) is 39.2 Å². The highest BCUT2D eigenvalue weighted by molar-refractivity contribution is 6.36. The summed E-state index contributed by atoms with van der Waals surface area (Å²) in [6.07, 6.45) is 8.64. The molecule has 0 N–H and O–H groups in total. The fourth-order valence-electron chi connectivity index (χ4n) is 8.31. The van der Waals surface area contributed by atoms with Crippen molar-refractivity contribution in [3.8, 4) is 6.01 Å². The van der Waals surface area contributed by atoms with Crippen LogP contribution < -0.4 is 14.5 Å². The van der Waals surface area contributed by atoms with Crippen molar-refractivity contribution in [3.63, 3.8) is 0 Å². The minimum Gasteiger partial charge on any atom is -0.461 e. The lowest BCUT2D eigenvalue weighted by Crippen LogP contribution is -2.44. The molecule has 3 fully saturated rings. The monoisotopic (exact) mass is 748 g/mol. The van der Waals surface area contributed by atoms with E-state index in [1.165, 1.54) is 25.0 Å². The molecule has 14 heteroatoms. The summed E-state index contributed by atoms with van der Waals surface area (Å²) in [5.74, 6) is -3.53. The van der Waals surface area contributed by atoms with E-state index in [0.717, 1.165) is 83.9 Å². The van der Waals surface area contributed by atoms with Gasteiger partial charge in [-0.1, -0.05) is 54.9 Å². The van der Waals surface area contributed by atoms with Gasteiger partial charge in [0.25, 0.3) is 5.89 Å². The molecular weight excluding hydrogens is 702 g/mol. The van der Waals surface area contributed by atoms with E-state index in [-0.39, 0.29) is 23.4 Å². The highest BCUT2D eigenvalue weighted by atomic mass is 35.5. The Hall–Kier alpha value is -4.36. The largest absolute Gasteiger partial charge is 0.461 e. The van der Waals surface area contributed by atoms with Gasteiger partial charge in [-0.3, -0.25) is 9.69 Å². The summed E-state index contributed by atoms with van der Waals surface area (Å²) in [5, 5.41) is 6.15. The highest BCUT2D eigenvalue weighted by Crippen LogP contribution is 2.40. The van der Waals surface area contributed by atoms with E-state index in [1.54, 1.807) is 4.90 Å². The van der Waals surface area contributed by atoms with Gasteiger partial charge in [0.05, 0.1) is 22.8 Å². The Morgan fingerprint density at radius 1 is 1.09 bits per heavy atom. The minimum absolute atomic E-state index is 0.00311. The summed E-state index contributed by atoms with van der Waals surface area (Å²) >= 11 is 6.74. The number of halogens is 3. The standard InChI is InChI=1S/C37H41ClF2N8O3.C2H6/c1-36(39,40)34-42-30(51-44-34)11-12-31(49)47-19-13-25(21-47)45(2)33-26-14-20-46(29-10-4-8-24-7-3-9-27(38)32(24)29)22-28(26)41-35(43-33)50-23-37-15-5-17-48(37)18-6-16-37;1-2/h3-4,7-12,25H,5-6,13-23H2,1-2H3;1-2H3/b12-11+;. The van der Waals surface area contributed by atoms with Crippen molar-refractivity contribution in [1.82, 2.24) is 29.9 Å². The number of rotatable bonds is 9. The Morgan fingerprint density at radius 3 is 2.58 bits per heavy atom. The summed E-state index contributed by atoms with van der Waals surface area (Å²) in [4.78, 5) is 35.7. The number of amides is 1. The first-order chi connectivity index (χ1) is 25.6. The van der Waals surface area contributed by atoms with E-state index >= 15 is 0 Å². The first kappa shape index (κ1) is 37.0. The molecule has 1 unspecified atom stereocenters. The molecule has 0 saturated carbocycles. The average molecular weight is 749 g/mol. The zero-order chi connectivity index (χ0) is 37.3. The number of nitrogens with zero attached hydrogens (tertiary/aromatic N) is 8. The van der Waals surface area contributed by atoms with Crippen molar-refractivity contribution in [2.45, 2.75) is 83.3 Å². The minimum atomic E-state index is -3.23. The summed E-state index contributed by atoms with van der Waals surface area (Å²) in [7, 11) is 2.02. The van der Waals surface area contributed by atoms with Crippen LogP contribution in [0.15, 0.2) is 47.0 Å². The van der Waals surface area contributed by atoms with Gasteiger partial charge in [0.2, 0.25) is 11.7 Å². The summed E-state index contributed by atoms with van der Waals surface area (Å²) in [6.45, 7) is 9.83. The maximum absolute atomic E-state index is 13.5. The van der Waals surface area contributed by atoms with Crippen molar-refractivity contribution in [2.24, 2.45) is 0 Å². The number of likely N-dealkylation sites (N-methyl/N-ethyl adjacent to an activating group) is 1. The summed E-state index contributed by atoms with van der Waals surface area (Å²) < 4.78 is 38.4. The number of benzene rings is 2. The molecule has 0 spiro atoms. The number of alkyl halides is 2. The highest BCUT2D eigenvalue weighted by Gasteiger charge is 2.45. The molecule has 4 aromatic rings. The Balaban J connectivity index is 0.00000214. The van der Waals surface area contributed by atoms with Gasteiger partial charge in [-0.05, 0) is 69.1 Å². The predicted octanol–water partition coefficient (Wildman–Crippen LogP) is 7.12. The zero-order valence-corrected chi connectivity index (χ0v) is 31.6. The number of carbonyl (C=O) groups excluding carboxylic acids is 1. The maximum atomic E-state index is 13.5. The molecule has 1 amide bonds. The van der Waals surface area contributed by atoms with Gasteiger partial charge in [-0.25, -0.2) is 0 Å². The molecule has 1 atom stereocenters. The van der Waals surface area contributed by atoms with Crippen LogP contribution in [0.25, 0.3) is 16.8 Å². The van der Waals surface area contributed by atoms with Crippen LogP contribution in [-0.2, 0) is 23.7 Å². The van der Waals surface area contributed by atoms with Gasteiger partial charge in [-0.2, -0.15) is 23.7 Å². The third-order valence-electron chi connectivity index (χ3n) is 11.0. The Labute approximate surface area is 313 Å². The SMILES string of the molecule is CC.CN(c1nc(OCC23CCCN2CCC3)nc2c1CCN(c1cccc3cccc(Cl)c13)C2)C1CCN(C(=O)/C=C/c2nc(C(C)(F)F)no2)C1. The van der Waals surface area contributed by atoms with Gasteiger partial charge >= 0.3 is 11.9 Å². The molecule has 2 aromatic heterocycles. The molecule has 0 radical (unpaired) electrons. The van der Waals surface area contributed by atoms with Crippen LogP contribution in [-0.4, -0.2) is 93.8 Å². The van der Waals surface area contributed by atoms with Crippen molar-refractivity contribution in [2.75, 3.05) is 56.2 Å². The Morgan fingerprint density at radius 2 is 1.85 bits per heavy atom. The van der Waals surface area contributed by atoms with Crippen LogP contribution in [0.3, 0.4) is 0 Å². The first-order valence-electron chi connectivity index (χ1n) is 18.7. The number of aromatic nitrogens is 4. The number of carbonyl (C=O) groups is 1. The molecule has 4 aliphatic heterocycles. The van der Waals surface area contributed by atoms with Crippen molar-refractivity contribution in [3.05, 3.63) is 70.5 Å². The second kappa shape index (κ2) is 15.2. The molecule has 0 bridgehead atoms. The van der Waals surface area contributed by atoms with E-state index in [9.17, 15) is 13.6 Å². The average Bonchev–Trinajstić information content (AvgIpc) is 3.98. The predicted molar refractivity (Wildman–Crippen MR) is 202 cm³/mol. The quantitative estimate of drug-likeness (QED) is 0.164. The second-order valence-electron chi connectivity index (χ2n) is 14.3. The molecular formula is C39H47ClF2N8O3. The fourth-order valence-corrected chi connectivity index (χ4v) is 8.59. The molecule has 8 rings (SSSR count). The van der Waals surface area contributed by atoms with Gasteiger partial charge in [0.15, 0.2) is 0 Å². The molecule has 2 aromatic carbocycles. The van der Waals surface area contributed by atoms with Gasteiger partial charge in [0, 0.05) is 68.4 Å². The molecule has 4 aliphatic rings. The van der Waals surface area contributed by atoms with Gasteiger partial charge < -0.3 is 24.0 Å². The van der Waals surface area contributed by atoms with Crippen molar-refractivity contribution in [1.29, 1.82) is 0 Å². The number of hydrogen-bond acceptors (Lipinski definition) is 10. The van der Waals surface area contributed by atoms with Gasteiger partial charge in [0.1, 0.15) is 12.4 Å². The number of fused-ring (bicyclic) bond motifs is 3. The van der Waals surface area contributed by atoms with Crippen LogP contribution >= 0.6 is 11.6 Å². The Kier molecular flexibility index (Phi) is 10.6. The van der Waals surface area contributed by atoms with E-state index in [4.69, 9.17) is 30.8 Å². The molecule has 282 valence electrons. The molecule has 53 heavy (non-hydrogen) atoms. The Bertz CT molecular complexity index is 1970. The second-order valence-corrected chi connectivity index (χ2v) is 14.7. The molecule has 11 nitrogen and oxygen atoms in total. The third-order valence-corrected chi connectivity index (χ3v) is 11.4. The summed E-state index contributed by atoms with van der Waals surface area (Å²) in [5.41, 5.74) is 3.13. The lowest BCUT2D eigenvalue weighted by atomic mass is 9.95. The van der Waals surface area contributed by atoms with Crippen LogP contribution in [0.4, 0.5) is 20.3 Å². The topological polar surface area (TPSA) is 104 Å². The lowest BCUT2D eigenvalue weighted by Gasteiger charge is -2.35. The van der Waals surface area contributed by atoms with Crippen molar-refractivity contribution >= 4 is 45.9 Å². The van der Waals surface area contributed by atoms with E-state index in [2.05, 4.69) is 49.1 Å². The van der Waals surface area contributed by atoms with Gasteiger partial charge in [-0.15, -0.1) is 0 Å². The molecule has 3 saturated heterocycles. The van der Waals surface area contributed by atoms with Crippen molar-refractivity contribution < 1.29 is 22.8 Å². The van der Waals surface area contributed by atoms with E-state index < -0.39 is 11.7 Å². The summed E-state index contributed by atoms with van der Waals surface area (Å²) in [6, 6.07) is 12.6. The van der Waals surface area contributed by atoms with E-state index in [1.807, 2.05) is 33.0 Å². The maximum Gasteiger partial charge on any atom is 0.318 e. The van der Waals surface area contributed by atoms with Crippen LogP contribution in [0.1, 0.15) is 75.8 Å². The van der Waals surface area contributed by atoms with Crippen LogP contribution in [0, 0.1) is 0 Å². The molecule has 0 aliphatic carbocycles. The lowest BCUT2D eigenvalue weighted by molar-refractivity contribution is -0.125. The van der Waals surface area contributed by atoms with Crippen LogP contribution in [0.2, 0.25) is 5.02 Å². The zero-order valence-electron chi connectivity index (χ0n) is 30.8. The normalized spacial score (nSPS) is 19.7. The number of anilines is 2. The number of ether oxygens (including phenoxy) is 1. The number of likely N-dealkylation sites (tertiary alicyclic amines) is 1. The first-order valence-corrected chi connectivity index (χ1v) is 19.1. The smallest absolute Gasteiger partial charge is 0.318 e. The van der Waals surface area contributed by atoms with Crippen LogP contribution in [0.5, 0.6) is 6.01 Å². The third kappa shape index (κ3) is 7.42. The fraction of sp³-hybridized carbons (Fsp3) is 0.513. The molecule has 6 heterocycles. The number of hydrogen-bond donors (Lipinski definition) is 0.